The van der Waals surface area contributed by atoms with Crippen molar-refractivity contribution < 1.29 is 18.7 Å². The Kier molecular flexibility index (Phi) is 6.29. The summed E-state index contributed by atoms with van der Waals surface area (Å²) in [5, 5.41) is 10.5. The number of fused-ring (bicyclic) bond motifs is 1. The van der Waals surface area contributed by atoms with Gasteiger partial charge in [0.15, 0.2) is 22.7 Å². The van der Waals surface area contributed by atoms with E-state index in [4.69, 9.17) is 9.47 Å². The summed E-state index contributed by atoms with van der Waals surface area (Å²) in [4.78, 5) is 29.3. The number of benzene rings is 2. The van der Waals surface area contributed by atoms with Crippen LogP contribution < -0.4 is 20.3 Å². The number of amides is 1. The fourth-order valence-electron chi connectivity index (χ4n) is 3.33. The lowest BCUT2D eigenvalue weighted by Gasteiger charge is -2.10. The molecule has 1 amide bonds. The molecule has 0 unspecified atom stereocenters. The molecule has 0 spiro atoms. The van der Waals surface area contributed by atoms with Gasteiger partial charge in [0.2, 0.25) is 5.91 Å². The number of nitrogens with one attached hydrogen (secondary N) is 1. The molecular formula is C22H21FN6O4. The van der Waals surface area contributed by atoms with Gasteiger partial charge in [-0.1, -0.05) is 17.3 Å². The predicted molar refractivity (Wildman–Crippen MR) is 117 cm³/mol. The first-order valence-corrected chi connectivity index (χ1v) is 10.0. The van der Waals surface area contributed by atoms with Crippen LogP contribution in [0, 0.1) is 5.82 Å². The second kappa shape index (κ2) is 9.47. The second-order valence-corrected chi connectivity index (χ2v) is 7.12. The molecule has 11 heteroatoms. The van der Waals surface area contributed by atoms with E-state index in [2.05, 4.69) is 20.6 Å². The molecule has 0 aliphatic carbocycles. The molecule has 1 N–H and O–H groups in total. The Bertz CT molecular complexity index is 1370. The van der Waals surface area contributed by atoms with E-state index >= 15 is 0 Å². The van der Waals surface area contributed by atoms with E-state index in [1.54, 1.807) is 26.4 Å². The van der Waals surface area contributed by atoms with Gasteiger partial charge in [0.05, 0.1) is 19.9 Å². The van der Waals surface area contributed by atoms with Gasteiger partial charge in [-0.25, -0.2) is 9.37 Å². The van der Waals surface area contributed by atoms with E-state index in [1.165, 1.54) is 29.2 Å². The van der Waals surface area contributed by atoms with Crippen LogP contribution in [0.2, 0.25) is 0 Å². The largest absolute Gasteiger partial charge is 0.493 e. The maximum absolute atomic E-state index is 13.5. The summed E-state index contributed by atoms with van der Waals surface area (Å²) >= 11 is 0. The number of nitrogens with zero attached hydrogens (tertiary/aromatic N) is 5. The SMILES string of the molecule is COc1ccc(CCNC(=O)Cn2cnc3c(nnn3-c3cccc(F)c3)c2=O)cc1OC. The predicted octanol–water partition coefficient (Wildman–Crippen LogP) is 1.49. The van der Waals surface area contributed by atoms with Gasteiger partial charge in [-0.05, 0) is 42.3 Å². The summed E-state index contributed by atoms with van der Waals surface area (Å²) in [5.74, 6) is 0.436. The minimum atomic E-state index is -0.516. The zero-order valence-electron chi connectivity index (χ0n) is 18.0. The van der Waals surface area contributed by atoms with Crippen molar-refractivity contribution in [2.45, 2.75) is 13.0 Å². The number of ether oxygens (including phenoxy) is 2. The molecule has 0 aliphatic rings. The minimum Gasteiger partial charge on any atom is -0.493 e. The molecular weight excluding hydrogens is 431 g/mol. The first-order chi connectivity index (χ1) is 16.0. The Hall–Kier alpha value is -4.28. The Balaban J connectivity index is 1.42. The number of carbonyl (C=O) groups excluding carboxylic acids is 1. The highest BCUT2D eigenvalue weighted by Crippen LogP contribution is 2.27. The van der Waals surface area contributed by atoms with Gasteiger partial charge < -0.3 is 14.8 Å². The molecule has 10 nitrogen and oxygen atoms in total. The molecule has 0 saturated heterocycles. The fourth-order valence-corrected chi connectivity index (χ4v) is 3.33. The van der Waals surface area contributed by atoms with Crippen molar-refractivity contribution in [3.8, 4) is 17.2 Å². The van der Waals surface area contributed by atoms with Gasteiger partial charge in [0.25, 0.3) is 5.56 Å². The topological polar surface area (TPSA) is 113 Å². The molecule has 2 heterocycles. The molecule has 170 valence electrons. The average molecular weight is 452 g/mol. The van der Waals surface area contributed by atoms with Crippen LogP contribution in [0.4, 0.5) is 4.39 Å². The normalized spacial score (nSPS) is 10.9. The van der Waals surface area contributed by atoms with Gasteiger partial charge >= 0.3 is 0 Å². The lowest BCUT2D eigenvalue weighted by molar-refractivity contribution is -0.121. The lowest BCUT2D eigenvalue weighted by Crippen LogP contribution is -2.33. The van der Waals surface area contributed by atoms with E-state index in [-0.39, 0.29) is 23.6 Å². The molecule has 0 bridgehead atoms. The molecule has 0 saturated carbocycles. The van der Waals surface area contributed by atoms with Gasteiger partial charge in [0.1, 0.15) is 18.7 Å². The van der Waals surface area contributed by atoms with Crippen molar-refractivity contribution >= 4 is 17.1 Å². The molecule has 0 fully saturated rings. The van der Waals surface area contributed by atoms with Crippen molar-refractivity contribution in [1.29, 1.82) is 0 Å². The van der Waals surface area contributed by atoms with Crippen LogP contribution >= 0.6 is 0 Å². The Morgan fingerprint density at radius 1 is 1.12 bits per heavy atom. The van der Waals surface area contributed by atoms with Crippen molar-refractivity contribution in [3.05, 3.63) is 70.5 Å². The maximum Gasteiger partial charge on any atom is 0.284 e. The number of hydrogen-bond donors (Lipinski definition) is 1. The molecule has 4 aromatic rings. The molecule has 0 aliphatic heterocycles. The third kappa shape index (κ3) is 4.66. The van der Waals surface area contributed by atoms with Gasteiger partial charge in [-0.2, -0.15) is 4.68 Å². The van der Waals surface area contributed by atoms with E-state index in [9.17, 15) is 14.0 Å². The fraction of sp³-hybridized carbons (Fsp3) is 0.227. The zero-order valence-corrected chi connectivity index (χ0v) is 18.0. The maximum atomic E-state index is 13.5. The third-order valence-electron chi connectivity index (χ3n) is 4.98. The van der Waals surface area contributed by atoms with Crippen molar-refractivity contribution in [2.24, 2.45) is 0 Å². The second-order valence-electron chi connectivity index (χ2n) is 7.12. The van der Waals surface area contributed by atoms with Crippen LogP contribution in [-0.4, -0.2) is 51.2 Å². The van der Waals surface area contributed by atoms with E-state index in [0.29, 0.717) is 30.2 Å². The Morgan fingerprint density at radius 2 is 1.94 bits per heavy atom. The van der Waals surface area contributed by atoms with Crippen molar-refractivity contribution in [3.63, 3.8) is 0 Å². The summed E-state index contributed by atoms with van der Waals surface area (Å²) in [6, 6.07) is 11.2. The number of halogens is 1. The summed E-state index contributed by atoms with van der Waals surface area (Å²) in [6.45, 7) is 0.148. The van der Waals surface area contributed by atoms with Crippen LogP contribution in [0.25, 0.3) is 16.9 Å². The quantitative estimate of drug-likeness (QED) is 0.431. The van der Waals surface area contributed by atoms with Gasteiger partial charge in [-0.3, -0.25) is 14.2 Å². The smallest absolute Gasteiger partial charge is 0.284 e. The highest BCUT2D eigenvalue weighted by atomic mass is 19.1. The molecule has 2 aromatic heterocycles. The van der Waals surface area contributed by atoms with E-state index in [1.807, 2.05) is 12.1 Å². The number of methoxy groups -OCH3 is 2. The summed E-state index contributed by atoms with van der Waals surface area (Å²) in [6.07, 6.45) is 1.82. The summed E-state index contributed by atoms with van der Waals surface area (Å²) in [5.41, 5.74) is 0.991. The standard InChI is InChI=1S/C22H21FN6O4/c1-32-17-7-6-14(10-18(17)33-2)8-9-24-19(30)12-28-13-25-21-20(22(28)31)26-27-29(21)16-5-3-4-15(23)11-16/h3-7,10-11,13H,8-9,12H2,1-2H3,(H,24,30). The van der Waals surface area contributed by atoms with Crippen molar-refractivity contribution in [2.75, 3.05) is 20.8 Å². The monoisotopic (exact) mass is 452 g/mol. The number of rotatable bonds is 8. The molecule has 4 rings (SSSR count). The first kappa shape index (κ1) is 21.9. The van der Waals surface area contributed by atoms with E-state index in [0.717, 1.165) is 10.1 Å². The first-order valence-electron chi connectivity index (χ1n) is 10.0. The van der Waals surface area contributed by atoms with Gasteiger partial charge in [-0.15, -0.1) is 5.10 Å². The number of hydrogen-bond acceptors (Lipinski definition) is 7. The van der Waals surface area contributed by atoms with Crippen LogP contribution in [0.5, 0.6) is 11.5 Å². The highest BCUT2D eigenvalue weighted by Gasteiger charge is 2.15. The molecule has 33 heavy (non-hydrogen) atoms. The molecule has 0 atom stereocenters. The van der Waals surface area contributed by atoms with Crippen LogP contribution in [-0.2, 0) is 17.8 Å². The third-order valence-corrected chi connectivity index (χ3v) is 4.98. The van der Waals surface area contributed by atoms with E-state index < -0.39 is 11.4 Å². The van der Waals surface area contributed by atoms with Gasteiger partial charge in [0, 0.05) is 6.54 Å². The van der Waals surface area contributed by atoms with Crippen LogP contribution in [0.3, 0.4) is 0 Å². The zero-order chi connectivity index (χ0) is 23.4. The number of aromatic nitrogens is 5. The molecule has 2 aromatic carbocycles. The Labute approximate surface area is 187 Å². The Morgan fingerprint density at radius 3 is 2.70 bits per heavy atom. The average Bonchev–Trinajstić information content (AvgIpc) is 3.26. The minimum absolute atomic E-state index is 0.0140. The van der Waals surface area contributed by atoms with Crippen LogP contribution in [0.1, 0.15) is 5.56 Å². The summed E-state index contributed by atoms with van der Waals surface area (Å²) in [7, 11) is 3.12. The van der Waals surface area contributed by atoms with Crippen LogP contribution in [0.15, 0.2) is 53.6 Å². The lowest BCUT2D eigenvalue weighted by atomic mass is 10.1. The molecule has 0 radical (unpaired) electrons. The highest BCUT2D eigenvalue weighted by molar-refractivity contribution is 5.76. The number of carbonyl (C=O) groups is 1. The summed E-state index contributed by atoms with van der Waals surface area (Å²) < 4.78 is 26.4. The van der Waals surface area contributed by atoms with Crippen molar-refractivity contribution in [1.82, 2.24) is 29.9 Å².